The van der Waals surface area contributed by atoms with E-state index in [-0.39, 0.29) is 5.78 Å². The van der Waals surface area contributed by atoms with Crippen LogP contribution in [0.2, 0.25) is 0 Å². The van der Waals surface area contributed by atoms with Crippen molar-refractivity contribution in [1.29, 1.82) is 0 Å². The second-order valence-electron chi connectivity index (χ2n) is 4.19. The zero-order valence-corrected chi connectivity index (χ0v) is 10.7. The van der Waals surface area contributed by atoms with Crippen LogP contribution in [0.5, 0.6) is 0 Å². The third kappa shape index (κ3) is 1.93. The number of rotatable bonds is 2. The van der Waals surface area contributed by atoms with Crippen LogP contribution in [0, 0.1) is 6.92 Å². The number of carbonyl (C=O) groups excluding carboxylic acids is 1. The Bertz CT molecular complexity index is 730. The van der Waals surface area contributed by atoms with E-state index < -0.39 is 0 Å². The van der Waals surface area contributed by atoms with Crippen LogP contribution in [0.25, 0.3) is 10.9 Å². The molecule has 0 aliphatic rings. The van der Waals surface area contributed by atoms with Gasteiger partial charge in [-0.05, 0) is 37.3 Å². The average molecular weight is 253 g/mol. The lowest BCUT2D eigenvalue weighted by Gasteiger charge is -2.01. The topological polar surface area (TPSA) is 30.0 Å². The highest BCUT2D eigenvalue weighted by Crippen LogP contribution is 2.19. The van der Waals surface area contributed by atoms with Gasteiger partial charge in [-0.1, -0.05) is 6.07 Å². The molecule has 0 fully saturated rings. The largest absolute Gasteiger partial charge is 0.289 e. The SMILES string of the molecule is Cc1cc(C(=O)c2ccc3ncccc3c2)cs1. The van der Waals surface area contributed by atoms with Gasteiger partial charge in [-0.15, -0.1) is 11.3 Å². The molecule has 0 N–H and O–H groups in total. The van der Waals surface area contributed by atoms with Gasteiger partial charge >= 0.3 is 0 Å². The Hall–Kier alpha value is -2.00. The van der Waals surface area contributed by atoms with Gasteiger partial charge < -0.3 is 0 Å². The molecule has 2 heterocycles. The fourth-order valence-corrected chi connectivity index (χ4v) is 2.63. The van der Waals surface area contributed by atoms with Crippen LogP contribution in [0.3, 0.4) is 0 Å². The van der Waals surface area contributed by atoms with Crippen molar-refractivity contribution >= 4 is 28.0 Å². The van der Waals surface area contributed by atoms with E-state index in [9.17, 15) is 4.79 Å². The summed E-state index contributed by atoms with van der Waals surface area (Å²) in [6, 6.07) is 11.4. The van der Waals surface area contributed by atoms with Crippen molar-refractivity contribution in [2.45, 2.75) is 6.92 Å². The van der Waals surface area contributed by atoms with Gasteiger partial charge in [-0.25, -0.2) is 0 Å². The first-order chi connectivity index (χ1) is 8.74. The average Bonchev–Trinajstić information content (AvgIpc) is 2.84. The van der Waals surface area contributed by atoms with Crippen molar-refractivity contribution in [3.63, 3.8) is 0 Å². The Morgan fingerprint density at radius 1 is 1.17 bits per heavy atom. The Labute approximate surface area is 109 Å². The van der Waals surface area contributed by atoms with Crippen molar-refractivity contribution in [2.24, 2.45) is 0 Å². The van der Waals surface area contributed by atoms with Gasteiger partial charge in [0.05, 0.1) is 5.52 Å². The van der Waals surface area contributed by atoms with E-state index >= 15 is 0 Å². The number of hydrogen-bond acceptors (Lipinski definition) is 3. The standard InChI is InChI=1S/C15H11NOS/c1-10-7-13(9-18-10)15(17)12-4-5-14-11(8-12)3-2-6-16-14/h2-9H,1H3. The Morgan fingerprint density at radius 2 is 2.06 bits per heavy atom. The smallest absolute Gasteiger partial charge is 0.193 e. The molecule has 0 spiro atoms. The minimum atomic E-state index is 0.0742. The predicted octanol–water partition coefficient (Wildman–Crippen LogP) is 3.84. The minimum absolute atomic E-state index is 0.0742. The van der Waals surface area contributed by atoms with E-state index in [2.05, 4.69) is 4.98 Å². The van der Waals surface area contributed by atoms with Crippen LogP contribution in [0.1, 0.15) is 20.8 Å². The summed E-state index contributed by atoms with van der Waals surface area (Å²) in [5.41, 5.74) is 2.39. The molecule has 0 unspecified atom stereocenters. The summed E-state index contributed by atoms with van der Waals surface area (Å²) < 4.78 is 0. The van der Waals surface area contributed by atoms with Gasteiger partial charge in [0.15, 0.2) is 5.78 Å². The molecule has 0 aliphatic heterocycles. The molecule has 3 rings (SSSR count). The number of ketones is 1. The third-order valence-electron chi connectivity index (χ3n) is 2.86. The molecular formula is C15H11NOS. The molecule has 3 heteroatoms. The van der Waals surface area contributed by atoms with Crippen LogP contribution >= 0.6 is 11.3 Å². The zero-order chi connectivity index (χ0) is 12.5. The zero-order valence-electron chi connectivity index (χ0n) is 9.88. The molecule has 0 saturated carbocycles. The van der Waals surface area contributed by atoms with Gasteiger partial charge in [-0.2, -0.15) is 0 Å². The molecule has 88 valence electrons. The van der Waals surface area contributed by atoms with Gasteiger partial charge in [0.1, 0.15) is 0 Å². The van der Waals surface area contributed by atoms with E-state index in [0.29, 0.717) is 5.56 Å². The van der Waals surface area contributed by atoms with Crippen molar-refractivity contribution < 1.29 is 4.79 Å². The van der Waals surface area contributed by atoms with Crippen molar-refractivity contribution in [2.75, 3.05) is 0 Å². The number of benzene rings is 1. The minimum Gasteiger partial charge on any atom is -0.289 e. The number of thiophene rings is 1. The van der Waals surface area contributed by atoms with E-state index in [1.807, 2.05) is 48.7 Å². The Morgan fingerprint density at radius 3 is 2.83 bits per heavy atom. The fourth-order valence-electron chi connectivity index (χ4n) is 1.95. The van der Waals surface area contributed by atoms with Crippen molar-refractivity contribution in [1.82, 2.24) is 4.98 Å². The normalized spacial score (nSPS) is 10.7. The van der Waals surface area contributed by atoms with Crippen LogP contribution in [-0.4, -0.2) is 10.8 Å². The van der Waals surface area contributed by atoms with E-state index in [4.69, 9.17) is 0 Å². The summed E-state index contributed by atoms with van der Waals surface area (Å²) >= 11 is 1.60. The molecule has 2 aromatic heterocycles. The first-order valence-corrected chi connectivity index (χ1v) is 6.56. The number of aromatic nitrogens is 1. The van der Waals surface area contributed by atoms with Crippen molar-refractivity contribution in [3.05, 3.63) is 64.0 Å². The summed E-state index contributed by atoms with van der Waals surface area (Å²) in [6.07, 6.45) is 1.76. The molecule has 0 atom stereocenters. The molecule has 0 saturated heterocycles. The first-order valence-electron chi connectivity index (χ1n) is 5.69. The monoisotopic (exact) mass is 253 g/mol. The van der Waals surface area contributed by atoms with E-state index in [1.54, 1.807) is 17.5 Å². The maximum absolute atomic E-state index is 12.3. The van der Waals surface area contributed by atoms with Gasteiger partial charge in [0.25, 0.3) is 0 Å². The number of nitrogens with zero attached hydrogens (tertiary/aromatic N) is 1. The number of pyridine rings is 1. The molecule has 2 nitrogen and oxygen atoms in total. The molecule has 18 heavy (non-hydrogen) atoms. The van der Waals surface area contributed by atoms with Gasteiger partial charge in [0.2, 0.25) is 0 Å². The summed E-state index contributed by atoms with van der Waals surface area (Å²) in [4.78, 5) is 17.7. The number of carbonyl (C=O) groups is 1. The highest BCUT2D eigenvalue weighted by molar-refractivity contribution is 7.10. The summed E-state index contributed by atoms with van der Waals surface area (Å²) in [5, 5.41) is 2.90. The number of aryl methyl sites for hydroxylation is 1. The number of hydrogen-bond donors (Lipinski definition) is 0. The summed E-state index contributed by atoms with van der Waals surface area (Å²) in [7, 11) is 0. The van der Waals surface area contributed by atoms with Crippen LogP contribution in [-0.2, 0) is 0 Å². The molecular weight excluding hydrogens is 242 g/mol. The molecule has 0 amide bonds. The second-order valence-corrected chi connectivity index (χ2v) is 5.30. The summed E-state index contributed by atoms with van der Waals surface area (Å²) in [6.45, 7) is 2.01. The lowest BCUT2D eigenvalue weighted by Crippen LogP contribution is -1.99. The van der Waals surface area contributed by atoms with Crippen LogP contribution in [0.4, 0.5) is 0 Å². The highest BCUT2D eigenvalue weighted by atomic mass is 32.1. The highest BCUT2D eigenvalue weighted by Gasteiger charge is 2.10. The molecule has 3 aromatic rings. The predicted molar refractivity (Wildman–Crippen MR) is 74.2 cm³/mol. The number of fused-ring (bicyclic) bond motifs is 1. The van der Waals surface area contributed by atoms with Crippen LogP contribution < -0.4 is 0 Å². The fraction of sp³-hybridized carbons (Fsp3) is 0.0667. The first kappa shape index (κ1) is 11.1. The van der Waals surface area contributed by atoms with E-state index in [1.165, 1.54) is 0 Å². The summed E-state index contributed by atoms with van der Waals surface area (Å²) in [5.74, 6) is 0.0742. The second kappa shape index (κ2) is 4.35. The van der Waals surface area contributed by atoms with Crippen LogP contribution in [0.15, 0.2) is 48.0 Å². The maximum Gasteiger partial charge on any atom is 0.193 e. The Balaban J connectivity index is 2.06. The van der Waals surface area contributed by atoms with Crippen molar-refractivity contribution in [3.8, 4) is 0 Å². The lowest BCUT2D eigenvalue weighted by atomic mass is 10.0. The van der Waals surface area contributed by atoms with Gasteiger partial charge in [-0.3, -0.25) is 9.78 Å². The lowest BCUT2D eigenvalue weighted by molar-refractivity contribution is 0.103. The molecule has 0 radical (unpaired) electrons. The quantitative estimate of drug-likeness (QED) is 0.649. The molecule has 0 bridgehead atoms. The van der Waals surface area contributed by atoms with E-state index in [0.717, 1.165) is 21.3 Å². The Kier molecular flexibility index (Phi) is 2.68. The van der Waals surface area contributed by atoms with Gasteiger partial charge in [0, 0.05) is 33.0 Å². The molecule has 1 aromatic carbocycles. The third-order valence-corrected chi connectivity index (χ3v) is 3.72. The maximum atomic E-state index is 12.3. The molecule has 0 aliphatic carbocycles.